The molecule has 0 fully saturated rings. The minimum Gasteiger partial charge on any atom is -0.460 e. The first kappa shape index (κ1) is 10.4. The molecule has 0 aromatic heterocycles. The van der Waals surface area contributed by atoms with Gasteiger partial charge in [-0.05, 0) is 0 Å². The Morgan fingerprint density at radius 2 is 1.70 bits per heavy atom. The highest BCUT2D eigenvalue weighted by atomic mass is 27.1. The van der Waals surface area contributed by atoms with Gasteiger partial charge >= 0.3 is 16.6 Å². The van der Waals surface area contributed by atoms with Crippen molar-refractivity contribution in [3.63, 3.8) is 0 Å². The third-order valence-corrected chi connectivity index (χ3v) is 1.88. The first-order valence-electron chi connectivity index (χ1n) is 2.89. The van der Waals surface area contributed by atoms with Crippen molar-refractivity contribution >= 4 is 16.6 Å². The lowest BCUT2D eigenvalue weighted by Gasteiger charge is -2.29. The molecule has 0 bridgehead atoms. The summed E-state index contributed by atoms with van der Waals surface area (Å²) in [6.45, 7) is 0.281. The van der Waals surface area contributed by atoms with Gasteiger partial charge in [-0.1, -0.05) is 0 Å². The molecule has 0 aromatic rings. The zero-order valence-electron chi connectivity index (χ0n) is 6.84. The van der Waals surface area contributed by atoms with Crippen molar-refractivity contribution in [2.45, 2.75) is 5.97 Å². The predicted octanol–water partition coefficient (Wildman–Crippen LogP) is -0.856. The zero-order valence-corrected chi connectivity index (χ0v) is 8.84. The van der Waals surface area contributed by atoms with Gasteiger partial charge in [0.05, 0.1) is 0 Å². The molecule has 0 atom stereocenters. The molecule has 0 radical (unpaired) electrons. The zero-order chi connectivity index (χ0) is 8.04. The number of methoxy groups -OCH3 is 3. The lowest BCUT2D eigenvalue weighted by molar-refractivity contribution is -0.337. The van der Waals surface area contributed by atoms with E-state index in [4.69, 9.17) is 18.0 Å². The fourth-order valence-corrected chi connectivity index (χ4v) is 1.05. The van der Waals surface area contributed by atoms with Crippen LogP contribution in [0.25, 0.3) is 0 Å². The van der Waals surface area contributed by atoms with Gasteiger partial charge in [0, 0.05) is 21.3 Å². The average Bonchev–Trinajstić information content (AvgIpc) is 2.01. The van der Waals surface area contributed by atoms with Gasteiger partial charge in [0.15, 0.2) is 0 Å². The van der Waals surface area contributed by atoms with Gasteiger partial charge in [-0.25, -0.2) is 0 Å². The van der Waals surface area contributed by atoms with Crippen LogP contribution in [0.5, 0.6) is 0 Å². The molecule has 60 valence electrons. The van der Waals surface area contributed by atoms with Crippen LogP contribution in [0.4, 0.5) is 0 Å². The SMILES string of the molecule is COCC(OC)(OC)[O][AlH2]. The Bertz CT molecular complexity index is 75.5. The van der Waals surface area contributed by atoms with Crippen LogP contribution >= 0.6 is 0 Å². The fourth-order valence-electron chi connectivity index (χ4n) is 0.604. The number of hydrogen-bond acceptors (Lipinski definition) is 4. The Morgan fingerprint density at radius 1 is 1.20 bits per heavy atom. The molecule has 0 N–H and O–H groups in total. The number of rotatable bonds is 5. The first-order chi connectivity index (χ1) is 4.74. The van der Waals surface area contributed by atoms with Crippen molar-refractivity contribution < 1.29 is 18.0 Å². The van der Waals surface area contributed by atoms with Gasteiger partial charge in [-0.15, -0.1) is 0 Å². The molecule has 0 aliphatic carbocycles. The second kappa shape index (κ2) is 5.08. The van der Waals surface area contributed by atoms with Gasteiger partial charge in [0.1, 0.15) is 6.61 Å². The van der Waals surface area contributed by atoms with Gasteiger partial charge in [0.25, 0.3) is 5.97 Å². The Morgan fingerprint density at radius 3 is 1.80 bits per heavy atom. The van der Waals surface area contributed by atoms with E-state index in [1.807, 2.05) is 0 Å². The van der Waals surface area contributed by atoms with Crippen LogP contribution in [0, 0.1) is 0 Å². The normalized spacial score (nSPS) is 11.9. The third kappa shape index (κ3) is 2.54. The minimum absolute atomic E-state index is 0.281. The molecule has 0 saturated heterocycles. The fraction of sp³-hybridized carbons (Fsp3) is 1.00. The molecule has 0 aliphatic heterocycles. The van der Waals surface area contributed by atoms with Crippen LogP contribution < -0.4 is 0 Å². The largest absolute Gasteiger partial charge is 0.460 e. The molecule has 0 amide bonds. The van der Waals surface area contributed by atoms with Crippen molar-refractivity contribution in [2.24, 2.45) is 0 Å². The van der Waals surface area contributed by atoms with Crippen LogP contribution in [0.2, 0.25) is 0 Å². The Labute approximate surface area is 69.2 Å². The van der Waals surface area contributed by atoms with Crippen LogP contribution in [0.3, 0.4) is 0 Å². The topological polar surface area (TPSA) is 36.9 Å². The van der Waals surface area contributed by atoms with E-state index >= 15 is 0 Å². The molecule has 5 heteroatoms. The average molecular weight is 164 g/mol. The van der Waals surface area contributed by atoms with Gasteiger partial charge in [-0.2, -0.15) is 0 Å². The summed E-state index contributed by atoms with van der Waals surface area (Å²) in [6, 6.07) is 0. The molecule has 0 rings (SSSR count). The van der Waals surface area contributed by atoms with Crippen molar-refractivity contribution in [3.8, 4) is 0 Å². The van der Waals surface area contributed by atoms with E-state index in [1.165, 1.54) is 14.2 Å². The van der Waals surface area contributed by atoms with E-state index < -0.39 is 5.97 Å². The smallest absolute Gasteiger partial charge is 0.417 e. The van der Waals surface area contributed by atoms with Gasteiger partial charge in [0.2, 0.25) is 0 Å². The monoisotopic (exact) mass is 164 g/mol. The Hall–Kier alpha value is 0.372. The summed E-state index contributed by atoms with van der Waals surface area (Å²) < 4.78 is 19.8. The Kier molecular flexibility index (Phi) is 5.27. The van der Waals surface area contributed by atoms with E-state index in [0.717, 1.165) is 0 Å². The predicted molar refractivity (Wildman–Crippen MR) is 38.3 cm³/mol. The molecule has 0 spiro atoms. The van der Waals surface area contributed by atoms with Crippen LogP contribution in [-0.2, 0) is 18.0 Å². The molecule has 0 aromatic carbocycles. The summed E-state index contributed by atoms with van der Waals surface area (Å²) in [6.07, 6.45) is 0. The lowest BCUT2D eigenvalue weighted by Crippen LogP contribution is -2.41. The maximum Gasteiger partial charge on any atom is 0.417 e. The second-order valence-corrected chi connectivity index (χ2v) is 2.14. The van der Waals surface area contributed by atoms with E-state index in [0.29, 0.717) is 16.6 Å². The summed E-state index contributed by atoms with van der Waals surface area (Å²) in [4.78, 5) is 0. The van der Waals surface area contributed by atoms with E-state index in [-0.39, 0.29) is 6.61 Å². The molecule has 4 nitrogen and oxygen atoms in total. The highest BCUT2D eigenvalue weighted by molar-refractivity contribution is 5.98. The second-order valence-electron chi connectivity index (χ2n) is 1.73. The maximum absolute atomic E-state index is 5.05. The van der Waals surface area contributed by atoms with Crippen LogP contribution in [0.1, 0.15) is 0 Å². The van der Waals surface area contributed by atoms with Crippen molar-refractivity contribution in [2.75, 3.05) is 27.9 Å². The minimum atomic E-state index is -0.985. The van der Waals surface area contributed by atoms with E-state index in [9.17, 15) is 0 Å². The molecule has 0 heterocycles. The highest BCUT2D eigenvalue weighted by Gasteiger charge is 2.27. The van der Waals surface area contributed by atoms with E-state index in [1.54, 1.807) is 7.11 Å². The molecule has 10 heavy (non-hydrogen) atoms. The molecule has 0 saturated carbocycles. The standard InChI is InChI=1S/C5H11O4.Al.2H/c1-7-4-5(6,8-2)9-3;;;/h4H2,1-3H3;;;/q-1;+1;;. The molecular formula is C5H13AlO4. The summed E-state index contributed by atoms with van der Waals surface area (Å²) in [5.41, 5.74) is 0. The maximum atomic E-state index is 5.05. The van der Waals surface area contributed by atoms with E-state index in [2.05, 4.69) is 0 Å². The summed E-state index contributed by atoms with van der Waals surface area (Å²) >= 11 is 0.550. The van der Waals surface area contributed by atoms with Crippen LogP contribution in [0.15, 0.2) is 0 Å². The summed E-state index contributed by atoms with van der Waals surface area (Å²) in [7, 11) is 4.59. The summed E-state index contributed by atoms with van der Waals surface area (Å²) in [5, 5.41) is 0. The van der Waals surface area contributed by atoms with Crippen molar-refractivity contribution in [3.05, 3.63) is 0 Å². The van der Waals surface area contributed by atoms with Gasteiger partial charge < -0.3 is 18.0 Å². The quantitative estimate of drug-likeness (QED) is 0.391. The molecular weight excluding hydrogens is 151 g/mol. The summed E-state index contributed by atoms with van der Waals surface area (Å²) in [5.74, 6) is -0.985. The van der Waals surface area contributed by atoms with Crippen molar-refractivity contribution in [1.29, 1.82) is 0 Å². The number of ether oxygens (including phenoxy) is 3. The highest BCUT2D eigenvalue weighted by Crippen LogP contribution is 2.10. The van der Waals surface area contributed by atoms with Gasteiger partial charge in [-0.3, -0.25) is 0 Å². The molecule has 0 unspecified atom stereocenters. The third-order valence-electron chi connectivity index (χ3n) is 1.25. The van der Waals surface area contributed by atoms with Crippen molar-refractivity contribution in [1.82, 2.24) is 0 Å². The molecule has 0 aliphatic rings. The Balaban J connectivity index is 3.87. The lowest BCUT2D eigenvalue weighted by atomic mass is 10.6. The number of hydrogen-bond donors (Lipinski definition) is 0. The first-order valence-corrected chi connectivity index (χ1v) is 3.70. The van der Waals surface area contributed by atoms with Crippen LogP contribution in [-0.4, -0.2) is 50.5 Å².